The van der Waals surface area contributed by atoms with Gasteiger partial charge in [-0.15, -0.1) is 0 Å². The molecule has 0 aliphatic carbocycles. The fourth-order valence-corrected chi connectivity index (χ4v) is 2.26. The smallest absolute Gasteiger partial charge is 0.0767 e. The van der Waals surface area contributed by atoms with Crippen LogP contribution < -0.4 is 5.32 Å². The molecule has 0 bridgehead atoms. The van der Waals surface area contributed by atoms with Gasteiger partial charge in [-0.2, -0.15) is 5.10 Å². The fraction of sp³-hybridized carbons (Fsp3) is 0.750. The Morgan fingerprint density at radius 2 is 2.00 bits per heavy atom. The van der Waals surface area contributed by atoms with Gasteiger partial charge < -0.3 is 5.32 Å². The van der Waals surface area contributed by atoms with Crippen LogP contribution in [0, 0.1) is 5.92 Å². The van der Waals surface area contributed by atoms with E-state index in [9.17, 15) is 0 Å². The highest BCUT2D eigenvalue weighted by Crippen LogP contribution is 2.21. The van der Waals surface area contributed by atoms with Gasteiger partial charge in [0.25, 0.3) is 0 Å². The predicted octanol–water partition coefficient (Wildman–Crippen LogP) is 2.88. The zero-order valence-electron chi connectivity index (χ0n) is 10.8. The lowest BCUT2D eigenvalue weighted by molar-refractivity contribution is 0.419. The van der Waals surface area contributed by atoms with Crippen molar-refractivity contribution >= 4 is 15.9 Å². The van der Waals surface area contributed by atoms with E-state index in [0.717, 1.165) is 23.1 Å². The van der Waals surface area contributed by atoms with Crippen LogP contribution in [0.2, 0.25) is 0 Å². The Balaban J connectivity index is 2.70. The minimum atomic E-state index is 0.520. The summed E-state index contributed by atoms with van der Waals surface area (Å²) < 4.78 is 3.11. The first-order chi connectivity index (χ1) is 7.47. The molecule has 0 radical (unpaired) electrons. The number of aromatic nitrogens is 2. The summed E-state index contributed by atoms with van der Waals surface area (Å²) in [5.41, 5.74) is 2.36. The van der Waals surface area contributed by atoms with Gasteiger partial charge in [0.15, 0.2) is 0 Å². The number of nitrogens with one attached hydrogen (secondary N) is 1. The third kappa shape index (κ3) is 3.08. The van der Waals surface area contributed by atoms with E-state index in [0.29, 0.717) is 12.0 Å². The Bertz CT molecular complexity index is 344. The van der Waals surface area contributed by atoms with Gasteiger partial charge in [-0.3, -0.25) is 4.68 Å². The van der Waals surface area contributed by atoms with Crippen molar-refractivity contribution in [3.63, 3.8) is 0 Å². The molecular formula is C12H22BrN3. The van der Waals surface area contributed by atoms with Crippen molar-refractivity contribution in [2.24, 2.45) is 13.0 Å². The number of halogens is 1. The lowest BCUT2D eigenvalue weighted by Gasteiger charge is -2.17. The number of aryl methyl sites for hydroxylation is 2. The number of hydrogen-bond donors (Lipinski definition) is 1. The van der Waals surface area contributed by atoms with E-state index >= 15 is 0 Å². The van der Waals surface area contributed by atoms with Crippen LogP contribution in [0.1, 0.15) is 39.1 Å². The molecule has 1 aromatic heterocycles. The van der Waals surface area contributed by atoms with E-state index in [-0.39, 0.29) is 0 Å². The molecule has 3 nitrogen and oxygen atoms in total. The van der Waals surface area contributed by atoms with Crippen LogP contribution >= 0.6 is 15.9 Å². The third-order valence-corrected chi connectivity index (χ3v) is 4.01. The highest BCUT2D eigenvalue weighted by Gasteiger charge is 2.13. The van der Waals surface area contributed by atoms with Gasteiger partial charge in [0.05, 0.1) is 15.9 Å². The first-order valence-electron chi connectivity index (χ1n) is 5.91. The van der Waals surface area contributed by atoms with Crippen LogP contribution in [0.25, 0.3) is 0 Å². The number of hydrogen-bond acceptors (Lipinski definition) is 2. The van der Waals surface area contributed by atoms with Crippen molar-refractivity contribution in [1.29, 1.82) is 0 Å². The zero-order valence-corrected chi connectivity index (χ0v) is 12.4. The first-order valence-corrected chi connectivity index (χ1v) is 6.70. The minimum absolute atomic E-state index is 0.520. The third-order valence-electron chi connectivity index (χ3n) is 3.09. The van der Waals surface area contributed by atoms with Crippen molar-refractivity contribution in [2.45, 2.75) is 46.7 Å². The van der Waals surface area contributed by atoms with Crippen LogP contribution in [0.5, 0.6) is 0 Å². The monoisotopic (exact) mass is 287 g/mol. The molecule has 1 atom stereocenters. The molecule has 0 aromatic carbocycles. The Morgan fingerprint density at radius 3 is 2.44 bits per heavy atom. The van der Waals surface area contributed by atoms with Crippen LogP contribution in [-0.2, 0) is 20.0 Å². The van der Waals surface area contributed by atoms with Crippen LogP contribution in [-0.4, -0.2) is 15.8 Å². The van der Waals surface area contributed by atoms with E-state index in [1.165, 1.54) is 5.69 Å². The van der Waals surface area contributed by atoms with E-state index in [2.05, 4.69) is 54.0 Å². The summed E-state index contributed by atoms with van der Waals surface area (Å²) >= 11 is 3.63. The standard InChI is InChI=1S/C12H22BrN3/c1-6-10-12(13)11(16(5)15-10)7-14-9(4)8(2)3/h8-9,14H,6-7H2,1-5H3. The van der Waals surface area contributed by atoms with Crippen molar-refractivity contribution in [3.8, 4) is 0 Å². The van der Waals surface area contributed by atoms with Crippen LogP contribution in [0.4, 0.5) is 0 Å². The van der Waals surface area contributed by atoms with Crippen molar-refractivity contribution < 1.29 is 0 Å². The average molecular weight is 288 g/mol. The SMILES string of the molecule is CCc1nn(C)c(CNC(C)C(C)C)c1Br. The normalized spacial score (nSPS) is 13.4. The quantitative estimate of drug-likeness (QED) is 0.903. The molecule has 1 aromatic rings. The summed E-state index contributed by atoms with van der Waals surface area (Å²) in [6, 6.07) is 0.520. The Labute approximate surface area is 107 Å². The molecule has 0 amide bonds. The molecule has 0 saturated carbocycles. The minimum Gasteiger partial charge on any atom is -0.308 e. The van der Waals surface area contributed by atoms with Crippen molar-refractivity contribution in [2.75, 3.05) is 0 Å². The maximum Gasteiger partial charge on any atom is 0.0767 e. The lowest BCUT2D eigenvalue weighted by Crippen LogP contribution is -2.31. The van der Waals surface area contributed by atoms with E-state index in [1.807, 2.05) is 11.7 Å². The summed E-state index contributed by atoms with van der Waals surface area (Å²) in [7, 11) is 2.00. The van der Waals surface area contributed by atoms with Crippen LogP contribution in [0.15, 0.2) is 4.47 Å². The molecule has 16 heavy (non-hydrogen) atoms. The molecule has 0 saturated heterocycles. The molecule has 0 fully saturated rings. The molecule has 4 heteroatoms. The largest absolute Gasteiger partial charge is 0.308 e. The maximum atomic E-state index is 4.48. The maximum absolute atomic E-state index is 4.48. The summed E-state index contributed by atoms with van der Waals surface area (Å²) in [6.45, 7) is 9.67. The first kappa shape index (κ1) is 13.7. The molecule has 1 heterocycles. The van der Waals surface area contributed by atoms with Crippen molar-refractivity contribution in [3.05, 3.63) is 15.9 Å². The van der Waals surface area contributed by atoms with Gasteiger partial charge in [-0.05, 0) is 35.2 Å². The Morgan fingerprint density at radius 1 is 1.38 bits per heavy atom. The summed E-state index contributed by atoms with van der Waals surface area (Å²) in [5, 5.41) is 8.01. The second kappa shape index (κ2) is 5.82. The molecule has 1 rings (SSSR count). The number of nitrogens with zero attached hydrogens (tertiary/aromatic N) is 2. The molecule has 0 aliphatic heterocycles. The number of rotatable bonds is 5. The Kier molecular flexibility index (Phi) is 4.99. The molecule has 0 aliphatic rings. The average Bonchev–Trinajstić information content (AvgIpc) is 2.51. The van der Waals surface area contributed by atoms with Crippen molar-refractivity contribution in [1.82, 2.24) is 15.1 Å². The van der Waals surface area contributed by atoms with Gasteiger partial charge in [-0.25, -0.2) is 0 Å². The summed E-state index contributed by atoms with van der Waals surface area (Å²) in [6.07, 6.45) is 0.966. The second-order valence-electron chi connectivity index (χ2n) is 4.60. The van der Waals surface area contributed by atoms with Crippen LogP contribution in [0.3, 0.4) is 0 Å². The predicted molar refractivity (Wildman–Crippen MR) is 71.4 cm³/mol. The Hall–Kier alpha value is -0.350. The second-order valence-corrected chi connectivity index (χ2v) is 5.39. The van der Waals surface area contributed by atoms with Gasteiger partial charge in [0, 0.05) is 19.6 Å². The highest BCUT2D eigenvalue weighted by molar-refractivity contribution is 9.10. The highest BCUT2D eigenvalue weighted by atomic mass is 79.9. The molecular weight excluding hydrogens is 266 g/mol. The molecule has 0 spiro atoms. The van der Waals surface area contributed by atoms with Gasteiger partial charge in [0.1, 0.15) is 0 Å². The summed E-state index contributed by atoms with van der Waals surface area (Å²) in [5.74, 6) is 0.651. The van der Waals surface area contributed by atoms with E-state index in [4.69, 9.17) is 0 Å². The van der Waals surface area contributed by atoms with E-state index < -0.39 is 0 Å². The topological polar surface area (TPSA) is 29.9 Å². The van der Waals surface area contributed by atoms with E-state index in [1.54, 1.807) is 0 Å². The summed E-state index contributed by atoms with van der Waals surface area (Å²) in [4.78, 5) is 0. The fourth-order valence-electron chi connectivity index (χ4n) is 1.51. The molecule has 1 N–H and O–H groups in total. The van der Waals surface area contributed by atoms with Gasteiger partial charge in [-0.1, -0.05) is 20.8 Å². The molecule has 92 valence electrons. The zero-order chi connectivity index (χ0) is 12.3. The lowest BCUT2D eigenvalue weighted by atomic mass is 10.1. The van der Waals surface area contributed by atoms with Gasteiger partial charge >= 0.3 is 0 Å². The van der Waals surface area contributed by atoms with Gasteiger partial charge in [0.2, 0.25) is 0 Å². The molecule has 1 unspecified atom stereocenters.